The molecule has 0 aromatic heterocycles. The van der Waals surface area contributed by atoms with Gasteiger partial charge >= 0.3 is 0 Å². The molecule has 108 valence electrons. The molecule has 0 radical (unpaired) electrons. The minimum absolute atomic E-state index is 0.0813. The Labute approximate surface area is 128 Å². The van der Waals surface area contributed by atoms with Crippen molar-refractivity contribution in [2.24, 2.45) is 0 Å². The number of carbonyl (C=O) groups is 1. The van der Waals surface area contributed by atoms with Crippen molar-refractivity contribution in [3.8, 4) is 0 Å². The van der Waals surface area contributed by atoms with Gasteiger partial charge in [-0.05, 0) is 54.8 Å². The largest absolute Gasteiger partial charge is 0.367 e. The molecule has 0 N–H and O–H groups in total. The number of halogens is 2. The van der Waals surface area contributed by atoms with Gasteiger partial charge in [0.25, 0.3) is 0 Å². The van der Waals surface area contributed by atoms with Gasteiger partial charge in [-0.25, -0.2) is 4.39 Å². The van der Waals surface area contributed by atoms with Crippen molar-refractivity contribution >= 4 is 23.1 Å². The molecule has 1 heterocycles. The van der Waals surface area contributed by atoms with Crippen LogP contribution in [0, 0.1) is 5.82 Å². The van der Waals surface area contributed by atoms with Crippen LogP contribution in [0.1, 0.15) is 28.4 Å². The third kappa shape index (κ3) is 2.79. The first-order valence-electron chi connectivity index (χ1n) is 6.87. The lowest BCUT2D eigenvalue weighted by Gasteiger charge is -2.20. The molecule has 4 heteroatoms. The van der Waals surface area contributed by atoms with Crippen molar-refractivity contribution < 1.29 is 9.18 Å². The Kier molecular flexibility index (Phi) is 3.68. The molecule has 21 heavy (non-hydrogen) atoms. The predicted molar refractivity (Wildman–Crippen MR) is 82.6 cm³/mol. The summed E-state index contributed by atoms with van der Waals surface area (Å²) in [6, 6.07) is 10.3. The van der Waals surface area contributed by atoms with Crippen LogP contribution in [0.4, 0.5) is 10.1 Å². The summed E-state index contributed by atoms with van der Waals surface area (Å²) in [4.78, 5) is 13.6. The van der Waals surface area contributed by atoms with Crippen LogP contribution >= 0.6 is 11.6 Å². The van der Waals surface area contributed by atoms with Gasteiger partial charge in [-0.2, -0.15) is 0 Å². The summed E-state index contributed by atoms with van der Waals surface area (Å²) in [5.41, 5.74) is 3.96. The van der Waals surface area contributed by atoms with E-state index in [-0.39, 0.29) is 11.6 Å². The highest BCUT2D eigenvalue weighted by molar-refractivity contribution is 6.31. The van der Waals surface area contributed by atoms with Crippen LogP contribution in [0.2, 0.25) is 5.02 Å². The van der Waals surface area contributed by atoms with E-state index in [1.807, 2.05) is 18.2 Å². The number of fused-ring (bicyclic) bond motifs is 1. The molecule has 0 unspecified atom stereocenters. The van der Waals surface area contributed by atoms with Crippen molar-refractivity contribution in [2.45, 2.75) is 19.9 Å². The molecule has 2 aromatic carbocycles. The van der Waals surface area contributed by atoms with E-state index in [4.69, 9.17) is 11.6 Å². The SMILES string of the molecule is CC(=O)c1ccc2c(c1)CCN2Cc1ccc(F)cc1Cl. The summed E-state index contributed by atoms with van der Waals surface area (Å²) in [5, 5.41) is 0.448. The van der Waals surface area contributed by atoms with Gasteiger partial charge in [0.05, 0.1) is 0 Å². The van der Waals surface area contributed by atoms with Gasteiger partial charge in [0, 0.05) is 29.4 Å². The van der Waals surface area contributed by atoms with E-state index in [0.29, 0.717) is 11.6 Å². The Hall–Kier alpha value is -1.87. The summed E-state index contributed by atoms with van der Waals surface area (Å²) in [5.74, 6) is -0.241. The molecule has 0 saturated carbocycles. The lowest BCUT2D eigenvalue weighted by molar-refractivity contribution is 0.101. The molecular weight excluding hydrogens is 289 g/mol. The Morgan fingerprint density at radius 2 is 2.10 bits per heavy atom. The second-order valence-electron chi connectivity index (χ2n) is 5.31. The highest BCUT2D eigenvalue weighted by Crippen LogP contribution is 2.31. The number of carbonyl (C=O) groups excluding carboxylic acids is 1. The van der Waals surface area contributed by atoms with Gasteiger partial charge in [0.2, 0.25) is 0 Å². The van der Waals surface area contributed by atoms with Crippen LogP contribution in [0.5, 0.6) is 0 Å². The fraction of sp³-hybridized carbons (Fsp3) is 0.235. The minimum Gasteiger partial charge on any atom is -0.367 e. The van der Waals surface area contributed by atoms with E-state index in [1.165, 1.54) is 17.7 Å². The van der Waals surface area contributed by atoms with Crippen molar-refractivity contribution in [3.05, 3.63) is 63.9 Å². The quantitative estimate of drug-likeness (QED) is 0.790. The summed E-state index contributed by atoms with van der Waals surface area (Å²) in [6.07, 6.45) is 0.912. The third-order valence-corrected chi connectivity index (χ3v) is 4.21. The number of hydrogen-bond acceptors (Lipinski definition) is 2. The highest BCUT2D eigenvalue weighted by atomic mass is 35.5. The normalized spacial score (nSPS) is 13.4. The van der Waals surface area contributed by atoms with E-state index < -0.39 is 0 Å². The van der Waals surface area contributed by atoms with Crippen molar-refractivity contribution in [3.63, 3.8) is 0 Å². The summed E-state index contributed by atoms with van der Waals surface area (Å²) < 4.78 is 13.1. The molecule has 0 amide bonds. The molecule has 0 fully saturated rings. The molecule has 2 nitrogen and oxygen atoms in total. The van der Waals surface area contributed by atoms with E-state index >= 15 is 0 Å². The monoisotopic (exact) mass is 303 g/mol. The lowest BCUT2D eigenvalue weighted by atomic mass is 10.1. The van der Waals surface area contributed by atoms with Crippen LogP contribution in [0.3, 0.4) is 0 Å². The predicted octanol–water partition coefficient (Wildman–Crippen LogP) is 4.24. The zero-order chi connectivity index (χ0) is 15.0. The fourth-order valence-corrected chi connectivity index (χ4v) is 2.94. The lowest BCUT2D eigenvalue weighted by Crippen LogP contribution is -2.19. The van der Waals surface area contributed by atoms with Crippen molar-refractivity contribution in [2.75, 3.05) is 11.4 Å². The average Bonchev–Trinajstić information content (AvgIpc) is 2.84. The van der Waals surface area contributed by atoms with Crippen LogP contribution in [-0.2, 0) is 13.0 Å². The molecular formula is C17H15ClFNO. The molecule has 0 saturated heterocycles. The Morgan fingerprint density at radius 1 is 1.29 bits per heavy atom. The molecule has 0 aliphatic carbocycles. The van der Waals surface area contributed by atoms with Crippen molar-refractivity contribution in [1.82, 2.24) is 0 Å². The Balaban J connectivity index is 1.86. The van der Waals surface area contributed by atoms with Crippen LogP contribution in [0.25, 0.3) is 0 Å². The molecule has 0 atom stereocenters. The first kappa shape index (κ1) is 14.1. The summed E-state index contributed by atoms with van der Waals surface area (Å²) in [6.45, 7) is 3.10. The summed E-state index contributed by atoms with van der Waals surface area (Å²) >= 11 is 6.09. The van der Waals surface area contributed by atoms with Crippen LogP contribution in [-0.4, -0.2) is 12.3 Å². The highest BCUT2D eigenvalue weighted by Gasteiger charge is 2.20. The number of anilines is 1. The van der Waals surface area contributed by atoms with Crippen LogP contribution in [0.15, 0.2) is 36.4 Å². The maximum absolute atomic E-state index is 13.1. The maximum Gasteiger partial charge on any atom is 0.159 e. The van der Waals surface area contributed by atoms with Gasteiger partial charge in [-0.15, -0.1) is 0 Å². The molecule has 2 aromatic rings. The Bertz CT molecular complexity index is 714. The van der Waals surface area contributed by atoms with E-state index in [2.05, 4.69) is 4.90 Å². The van der Waals surface area contributed by atoms with E-state index in [9.17, 15) is 9.18 Å². The van der Waals surface area contributed by atoms with Gasteiger partial charge in [-0.3, -0.25) is 4.79 Å². The Morgan fingerprint density at radius 3 is 2.81 bits per heavy atom. The molecule has 3 rings (SSSR count). The van der Waals surface area contributed by atoms with Gasteiger partial charge < -0.3 is 4.90 Å². The number of ketones is 1. The standard InChI is InChI=1S/C17H15ClFNO/c1-11(21)12-3-5-17-13(8-12)6-7-20(17)10-14-2-4-15(19)9-16(14)18/h2-5,8-9H,6-7,10H2,1H3. The van der Waals surface area contributed by atoms with E-state index in [1.54, 1.807) is 13.0 Å². The third-order valence-electron chi connectivity index (χ3n) is 3.85. The van der Waals surface area contributed by atoms with Gasteiger partial charge in [0.15, 0.2) is 5.78 Å². The molecule has 0 bridgehead atoms. The molecule has 0 spiro atoms. The average molecular weight is 304 g/mol. The van der Waals surface area contributed by atoms with Crippen molar-refractivity contribution in [1.29, 1.82) is 0 Å². The van der Waals surface area contributed by atoms with Gasteiger partial charge in [0.1, 0.15) is 5.82 Å². The zero-order valence-corrected chi connectivity index (χ0v) is 12.5. The number of rotatable bonds is 3. The fourth-order valence-electron chi connectivity index (χ4n) is 2.71. The number of nitrogens with zero attached hydrogens (tertiary/aromatic N) is 1. The van der Waals surface area contributed by atoms with E-state index in [0.717, 1.165) is 29.8 Å². The number of Topliss-reactive ketones (excluding diaryl/α,β-unsaturated/α-hetero) is 1. The topological polar surface area (TPSA) is 20.3 Å². The summed E-state index contributed by atoms with van der Waals surface area (Å²) in [7, 11) is 0. The first-order valence-corrected chi connectivity index (χ1v) is 7.25. The maximum atomic E-state index is 13.1. The second-order valence-corrected chi connectivity index (χ2v) is 5.71. The van der Waals surface area contributed by atoms with Crippen LogP contribution < -0.4 is 4.90 Å². The number of benzene rings is 2. The minimum atomic E-state index is -0.323. The second kappa shape index (κ2) is 5.49. The smallest absolute Gasteiger partial charge is 0.159 e. The number of hydrogen-bond donors (Lipinski definition) is 0. The molecule has 1 aliphatic rings. The molecule has 1 aliphatic heterocycles. The van der Waals surface area contributed by atoms with Gasteiger partial charge in [-0.1, -0.05) is 17.7 Å². The zero-order valence-electron chi connectivity index (χ0n) is 11.7. The first-order chi connectivity index (χ1) is 10.0.